The van der Waals surface area contributed by atoms with Crippen LogP contribution in [0.5, 0.6) is 0 Å². The Morgan fingerprint density at radius 3 is 2.67 bits per heavy atom. The zero-order valence-corrected chi connectivity index (χ0v) is 9.49. The van der Waals surface area contributed by atoms with Gasteiger partial charge in [0.05, 0.1) is 0 Å². The first-order valence-corrected chi connectivity index (χ1v) is 5.50. The molecule has 5 heteroatoms. The average molecular weight is 212 g/mol. The highest BCUT2D eigenvalue weighted by atomic mass is 16.2. The molecule has 3 N–H and O–H groups in total. The molecule has 0 aliphatic carbocycles. The van der Waals surface area contributed by atoms with Gasteiger partial charge in [0.15, 0.2) is 5.96 Å². The Labute approximate surface area is 90.7 Å². The number of nitrogens with one attached hydrogen (secondary N) is 1. The van der Waals surface area contributed by atoms with Crippen LogP contribution in [0.4, 0.5) is 0 Å². The quantitative estimate of drug-likeness (QED) is 0.508. The number of likely N-dealkylation sites (tertiary alicyclic amines) is 1. The molecule has 0 radical (unpaired) electrons. The first-order chi connectivity index (χ1) is 7.15. The third kappa shape index (κ3) is 3.42. The molecule has 86 valence electrons. The van der Waals surface area contributed by atoms with Gasteiger partial charge in [0.2, 0.25) is 5.91 Å². The van der Waals surface area contributed by atoms with Crippen LogP contribution in [-0.4, -0.2) is 42.4 Å². The molecule has 1 aliphatic rings. The number of nitrogens with zero attached hydrogens (tertiary/aromatic N) is 2. The van der Waals surface area contributed by atoms with Crippen LogP contribution in [0, 0.1) is 0 Å². The number of nitrogens with two attached hydrogens (primary N) is 1. The summed E-state index contributed by atoms with van der Waals surface area (Å²) in [6.45, 7) is 6.09. The van der Waals surface area contributed by atoms with Gasteiger partial charge in [0.1, 0.15) is 6.04 Å². The minimum Gasteiger partial charge on any atom is -0.370 e. The summed E-state index contributed by atoms with van der Waals surface area (Å²) in [5.74, 6) is 0.458. The molecule has 1 rings (SSSR count). The van der Waals surface area contributed by atoms with Gasteiger partial charge in [-0.25, -0.2) is 0 Å². The van der Waals surface area contributed by atoms with Crippen molar-refractivity contribution in [2.75, 3.05) is 19.6 Å². The second kappa shape index (κ2) is 5.58. The Hall–Kier alpha value is -1.26. The van der Waals surface area contributed by atoms with Crippen LogP contribution in [0.1, 0.15) is 26.7 Å². The summed E-state index contributed by atoms with van der Waals surface area (Å²) in [6.07, 6.45) is 2.22. The van der Waals surface area contributed by atoms with E-state index >= 15 is 0 Å². The van der Waals surface area contributed by atoms with E-state index in [1.807, 2.05) is 18.7 Å². The summed E-state index contributed by atoms with van der Waals surface area (Å²) < 4.78 is 0. The third-order valence-corrected chi connectivity index (χ3v) is 2.48. The van der Waals surface area contributed by atoms with Crippen molar-refractivity contribution in [2.24, 2.45) is 10.7 Å². The van der Waals surface area contributed by atoms with Crippen molar-refractivity contribution in [1.29, 1.82) is 0 Å². The van der Waals surface area contributed by atoms with E-state index in [2.05, 4.69) is 10.3 Å². The molecule has 0 spiro atoms. The molecule has 1 atom stereocenters. The Balaban J connectivity index is 2.41. The second-order valence-electron chi connectivity index (χ2n) is 3.76. The number of carbonyl (C=O) groups excluding carboxylic acids is 1. The highest BCUT2D eigenvalue weighted by molar-refractivity contribution is 5.88. The summed E-state index contributed by atoms with van der Waals surface area (Å²) in [5, 5.41) is 2.89. The molecule has 0 bridgehead atoms. The van der Waals surface area contributed by atoms with Gasteiger partial charge in [-0.2, -0.15) is 0 Å². The lowest BCUT2D eigenvalue weighted by atomic mass is 10.3. The highest BCUT2D eigenvalue weighted by Gasteiger charge is 2.23. The number of hydrogen-bond acceptors (Lipinski definition) is 2. The predicted molar refractivity (Wildman–Crippen MR) is 60.6 cm³/mol. The predicted octanol–water partition coefficient (Wildman–Crippen LogP) is -0.0785. The maximum absolute atomic E-state index is 11.8. The lowest BCUT2D eigenvalue weighted by Gasteiger charge is -2.21. The SMILES string of the molecule is CCN=C(N)NC(C)C(=O)N1CCCC1. The molecule has 0 aromatic carbocycles. The molecule has 1 aliphatic heterocycles. The summed E-state index contributed by atoms with van der Waals surface area (Å²) in [6, 6.07) is -0.279. The van der Waals surface area contributed by atoms with Crippen molar-refractivity contribution in [2.45, 2.75) is 32.7 Å². The van der Waals surface area contributed by atoms with E-state index in [4.69, 9.17) is 5.73 Å². The maximum Gasteiger partial charge on any atom is 0.244 e. The van der Waals surface area contributed by atoms with Crippen molar-refractivity contribution in [1.82, 2.24) is 10.2 Å². The summed E-state index contributed by atoms with van der Waals surface area (Å²) in [7, 11) is 0. The van der Waals surface area contributed by atoms with Crippen molar-refractivity contribution in [3.05, 3.63) is 0 Å². The summed E-state index contributed by atoms with van der Waals surface area (Å²) >= 11 is 0. The number of aliphatic imine (C=N–C) groups is 1. The molecule has 15 heavy (non-hydrogen) atoms. The van der Waals surface area contributed by atoms with E-state index in [1.165, 1.54) is 0 Å². The standard InChI is InChI=1S/C10H20N4O/c1-3-12-10(11)13-8(2)9(15)14-6-4-5-7-14/h8H,3-7H2,1-2H3,(H3,11,12,13). The minimum atomic E-state index is -0.279. The van der Waals surface area contributed by atoms with Gasteiger partial charge >= 0.3 is 0 Å². The van der Waals surface area contributed by atoms with Gasteiger partial charge in [0, 0.05) is 19.6 Å². The van der Waals surface area contributed by atoms with Crippen molar-refractivity contribution in [3.63, 3.8) is 0 Å². The van der Waals surface area contributed by atoms with Crippen LogP contribution in [0.25, 0.3) is 0 Å². The maximum atomic E-state index is 11.8. The fourth-order valence-electron chi connectivity index (χ4n) is 1.71. The summed E-state index contributed by atoms with van der Waals surface area (Å²) in [4.78, 5) is 17.7. The topological polar surface area (TPSA) is 70.7 Å². The molecule has 0 aromatic rings. The third-order valence-electron chi connectivity index (χ3n) is 2.48. The Morgan fingerprint density at radius 1 is 1.53 bits per heavy atom. The molecule has 1 unspecified atom stereocenters. The normalized spacial score (nSPS) is 19.1. The zero-order valence-electron chi connectivity index (χ0n) is 9.49. The van der Waals surface area contributed by atoms with Crippen molar-refractivity contribution >= 4 is 11.9 Å². The van der Waals surface area contributed by atoms with E-state index < -0.39 is 0 Å². The average Bonchev–Trinajstić information content (AvgIpc) is 2.69. The lowest BCUT2D eigenvalue weighted by Crippen LogP contribution is -2.48. The second-order valence-corrected chi connectivity index (χ2v) is 3.76. The van der Waals surface area contributed by atoms with Gasteiger partial charge in [0.25, 0.3) is 0 Å². The first kappa shape index (κ1) is 11.8. The van der Waals surface area contributed by atoms with Gasteiger partial charge < -0.3 is 16.0 Å². The van der Waals surface area contributed by atoms with Crippen molar-refractivity contribution in [3.8, 4) is 0 Å². The van der Waals surface area contributed by atoms with Gasteiger partial charge in [-0.15, -0.1) is 0 Å². The molecule has 1 heterocycles. The highest BCUT2D eigenvalue weighted by Crippen LogP contribution is 2.08. The molecule has 1 amide bonds. The largest absolute Gasteiger partial charge is 0.370 e. The fourth-order valence-corrected chi connectivity index (χ4v) is 1.71. The number of hydrogen-bond donors (Lipinski definition) is 2. The van der Waals surface area contributed by atoms with Gasteiger partial charge in [-0.3, -0.25) is 9.79 Å². The van der Waals surface area contributed by atoms with E-state index in [-0.39, 0.29) is 11.9 Å². The van der Waals surface area contributed by atoms with E-state index in [0.717, 1.165) is 25.9 Å². The number of rotatable bonds is 3. The van der Waals surface area contributed by atoms with Crippen LogP contribution in [-0.2, 0) is 4.79 Å². The van der Waals surface area contributed by atoms with E-state index in [0.29, 0.717) is 12.5 Å². The lowest BCUT2D eigenvalue weighted by molar-refractivity contribution is -0.131. The fraction of sp³-hybridized carbons (Fsp3) is 0.800. The van der Waals surface area contributed by atoms with Gasteiger partial charge in [-0.1, -0.05) is 0 Å². The molecular weight excluding hydrogens is 192 g/mol. The summed E-state index contributed by atoms with van der Waals surface area (Å²) in [5.41, 5.74) is 5.59. The number of amides is 1. The van der Waals surface area contributed by atoms with Crippen LogP contribution >= 0.6 is 0 Å². The number of guanidine groups is 1. The van der Waals surface area contributed by atoms with Crippen LogP contribution in [0.15, 0.2) is 4.99 Å². The van der Waals surface area contributed by atoms with Gasteiger partial charge in [-0.05, 0) is 26.7 Å². The molecule has 1 fully saturated rings. The smallest absolute Gasteiger partial charge is 0.244 e. The first-order valence-electron chi connectivity index (χ1n) is 5.50. The Morgan fingerprint density at radius 2 is 2.13 bits per heavy atom. The number of carbonyl (C=O) groups is 1. The van der Waals surface area contributed by atoms with E-state index in [9.17, 15) is 4.79 Å². The molecule has 0 saturated carbocycles. The minimum absolute atomic E-state index is 0.113. The van der Waals surface area contributed by atoms with Crippen LogP contribution in [0.3, 0.4) is 0 Å². The molecular formula is C10H20N4O. The Kier molecular flexibility index (Phi) is 4.39. The van der Waals surface area contributed by atoms with Crippen LogP contribution < -0.4 is 11.1 Å². The van der Waals surface area contributed by atoms with Crippen molar-refractivity contribution < 1.29 is 4.79 Å². The molecule has 0 aromatic heterocycles. The zero-order chi connectivity index (χ0) is 11.3. The Bertz CT molecular complexity index is 246. The molecule has 1 saturated heterocycles. The monoisotopic (exact) mass is 212 g/mol. The van der Waals surface area contributed by atoms with Crippen LogP contribution in [0.2, 0.25) is 0 Å². The van der Waals surface area contributed by atoms with E-state index in [1.54, 1.807) is 0 Å². The molecule has 5 nitrogen and oxygen atoms in total.